The summed E-state index contributed by atoms with van der Waals surface area (Å²) in [4.78, 5) is 15.4. The predicted molar refractivity (Wildman–Crippen MR) is 81.0 cm³/mol. The van der Waals surface area contributed by atoms with Crippen LogP contribution in [-0.4, -0.2) is 24.0 Å². The van der Waals surface area contributed by atoms with Crippen molar-refractivity contribution in [1.82, 2.24) is 4.90 Å². The van der Waals surface area contributed by atoms with Gasteiger partial charge < -0.3 is 4.90 Å². The molecule has 1 heterocycles. The van der Waals surface area contributed by atoms with Gasteiger partial charge in [-0.15, -0.1) is 0 Å². The van der Waals surface area contributed by atoms with E-state index < -0.39 is 17.6 Å². The highest BCUT2D eigenvalue weighted by Gasteiger charge is 2.32. The molecule has 2 aromatic rings. The quantitative estimate of drug-likeness (QED) is 0.766. The van der Waals surface area contributed by atoms with E-state index in [1.54, 1.807) is 6.07 Å². The Morgan fingerprint density at radius 1 is 1.00 bits per heavy atom. The first-order chi connectivity index (χ1) is 11.3. The van der Waals surface area contributed by atoms with Gasteiger partial charge >= 0.3 is 12.2 Å². The van der Waals surface area contributed by atoms with Gasteiger partial charge in [-0.1, -0.05) is 12.1 Å². The first-order valence-corrected chi connectivity index (χ1v) is 7.33. The minimum Gasteiger partial charge on any atom is -0.318 e. The van der Waals surface area contributed by atoms with Crippen LogP contribution >= 0.6 is 0 Å². The molecule has 1 fully saturated rings. The highest BCUT2D eigenvalue weighted by Crippen LogP contribution is 2.30. The van der Waals surface area contributed by atoms with Crippen molar-refractivity contribution in [2.75, 3.05) is 18.0 Å². The lowest BCUT2D eigenvalue weighted by Gasteiger charge is -2.19. The lowest BCUT2D eigenvalue weighted by atomic mass is 10.1. The third-order valence-corrected chi connectivity index (χ3v) is 3.86. The molecular formula is C17H14F4N2O. The molecule has 1 aliphatic rings. The Bertz CT molecular complexity index is 743. The summed E-state index contributed by atoms with van der Waals surface area (Å²) in [6.07, 6.45) is -4.41. The summed E-state index contributed by atoms with van der Waals surface area (Å²) in [5, 5.41) is 0. The van der Waals surface area contributed by atoms with Gasteiger partial charge in [-0.3, -0.25) is 4.90 Å². The third kappa shape index (κ3) is 3.34. The van der Waals surface area contributed by atoms with E-state index in [1.807, 2.05) is 0 Å². The number of benzene rings is 2. The Morgan fingerprint density at radius 2 is 1.71 bits per heavy atom. The van der Waals surface area contributed by atoms with Crippen molar-refractivity contribution in [3.63, 3.8) is 0 Å². The molecule has 0 aliphatic carbocycles. The number of carbonyl (C=O) groups is 1. The lowest BCUT2D eigenvalue weighted by Crippen LogP contribution is -2.31. The molecule has 2 aromatic carbocycles. The minimum absolute atomic E-state index is 0.0977. The normalized spacial score (nSPS) is 15.2. The fourth-order valence-corrected chi connectivity index (χ4v) is 2.66. The van der Waals surface area contributed by atoms with Crippen LogP contribution in [0.2, 0.25) is 0 Å². The fourth-order valence-electron chi connectivity index (χ4n) is 2.66. The minimum atomic E-state index is -4.41. The molecule has 0 atom stereocenters. The van der Waals surface area contributed by atoms with Gasteiger partial charge in [0.1, 0.15) is 5.82 Å². The number of anilines is 1. The maximum atomic E-state index is 13.0. The number of halogens is 4. The van der Waals surface area contributed by atoms with E-state index in [1.165, 1.54) is 40.1 Å². The average Bonchev–Trinajstić information content (AvgIpc) is 2.89. The Hall–Kier alpha value is -2.57. The molecular weight excluding hydrogens is 324 g/mol. The van der Waals surface area contributed by atoms with Gasteiger partial charge in [0.25, 0.3) is 0 Å². The standard InChI is InChI=1S/C17H14F4N2O/c18-14-4-6-15(7-5-14)23-9-8-22(16(23)24)11-12-2-1-3-13(10-12)17(19,20)21/h1-7,10H,8-9,11H2. The Balaban J connectivity index is 1.73. The summed E-state index contributed by atoms with van der Waals surface area (Å²) in [7, 11) is 0. The number of amides is 2. The summed E-state index contributed by atoms with van der Waals surface area (Å²) in [5.74, 6) is -0.397. The maximum absolute atomic E-state index is 13.0. The van der Waals surface area contributed by atoms with E-state index >= 15 is 0 Å². The molecule has 0 radical (unpaired) electrons. The van der Waals surface area contributed by atoms with Crippen molar-refractivity contribution in [2.45, 2.75) is 12.7 Å². The summed E-state index contributed by atoms with van der Waals surface area (Å²) in [5.41, 5.74) is 0.245. The fraction of sp³-hybridized carbons (Fsp3) is 0.235. The van der Waals surface area contributed by atoms with Gasteiger partial charge in [-0.25, -0.2) is 9.18 Å². The number of rotatable bonds is 3. The molecule has 1 saturated heterocycles. The summed E-state index contributed by atoms with van der Waals surface area (Å²) in [6.45, 7) is 0.899. The van der Waals surface area contributed by atoms with Crippen LogP contribution in [0.3, 0.4) is 0 Å². The van der Waals surface area contributed by atoms with Crippen LogP contribution in [0.4, 0.5) is 28.0 Å². The Kier molecular flexibility index (Phi) is 4.17. The van der Waals surface area contributed by atoms with Crippen molar-refractivity contribution in [2.24, 2.45) is 0 Å². The van der Waals surface area contributed by atoms with Gasteiger partial charge in [0.2, 0.25) is 0 Å². The molecule has 0 aromatic heterocycles. The molecule has 24 heavy (non-hydrogen) atoms. The molecule has 2 amide bonds. The highest BCUT2D eigenvalue weighted by atomic mass is 19.4. The topological polar surface area (TPSA) is 23.6 Å². The number of nitrogens with zero attached hydrogens (tertiary/aromatic N) is 2. The molecule has 0 saturated carbocycles. The largest absolute Gasteiger partial charge is 0.416 e. The summed E-state index contributed by atoms with van der Waals surface area (Å²) in [6, 6.07) is 10.2. The van der Waals surface area contributed by atoms with Crippen molar-refractivity contribution >= 4 is 11.7 Å². The van der Waals surface area contributed by atoms with E-state index in [9.17, 15) is 22.4 Å². The van der Waals surface area contributed by atoms with E-state index in [4.69, 9.17) is 0 Å². The van der Waals surface area contributed by atoms with Crippen molar-refractivity contribution < 1.29 is 22.4 Å². The van der Waals surface area contributed by atoms with Crippen LogP contribution in [0.15, 0.2) is 48.5 Å². The Morgan fingerprint density at radius 3 is 2.38 bits per heavy atom. The molecule has 3 nitrogen and oxygen atoms in total. The summed E-state index contributed by atoms with van der Waals surface area (Å²) >= 11 is 0. The molecule has 0 N–H and O–H groups in total. The number of hydrogen-bond donors (Lipinski definition) is 0. The lowest BCUT2D eigenvalue weighted by molar-refractivity contribution is -0.137. The van der Waals surface area contributed by atoms with Crippen molar-refractivity contribution in [1.29, 1.82) is 0 Å². The molecule has 126 valence electrons. The van der Waals surface area contributed by atoms with E-state index in [0.717, 1.165) is 12.1 Å². The first kappa shape index (κ1) is 16.3. The number of urea groups is 1. The van der Waals surface area contributed by atoms with Gasteiger partial charge in [-0.2, -0.15) is 13.2 Å². The van der Waals surface area contributed by atoms with Crippen LogP contribution in [0.5, 0.6) is 0 Å². The van der Waals surface area contributed by atoms with Gasteiger partial charge in [0.05, 0.1) is 5.56 Å². The van der Waals surface area contributed by atoms with Crippen LogP contribution in [-0.2, 0) is 12.7 Å². The Labute approximate surface area is 136 Å². The second-order valence-corrected chi connectivity index (χ2v) is 5.53. The molecule has 7 heteroatoms. The van der Waals surface area contributed by atoms with Gasteiger partial charge in [0.15, 0.2) is 0 Å². The molecule has 0 bridgehead atoms. The first-order valence-electron chi connectivity index (χ1n) is 7.33. The van der Waals surface area contributed by atoms with Crippen LogP contribution < -0.4 is 4.90 Å². The number of hydrogen-bond acceptors (Lipinski definition) is 1. The number of alkyl halides is 3. The predicted octanol–water partition coefficient (Wildman–Crippen LogP) is 4.29. The highest BCUT2D eigenvalue weighted by molar-refractivity contribution is 5.94. The van der Waals surface area contributed by atoms with E-state index in [-0.39, 0.29) is 12.6 Å². The zero-order chi connectivity index (χ0) is 17.3. The SMILES string of the molecule is O=C1N(Cc2cccc(C(F)(F)F)c2)CCN1c1ccc(F)cc1. The van der Waals surface area contributed by atoms with Crippen LogP contribution in [0.25, 0.3) is 0 Å². The van der Waals surface area contributed by atoms with Crippen LogP contribution in [0, 0.1) is 5.82 Å². The van der Waals surface area contributed by atoms with Crippen LogP contribution in [0.1, 0.15) is 11.1 Å². The van der Waals surface area contributed by atoms with Gasteiger partial charge in [0, 0.05) is 25.3 Å². The third-order valence-electron chi connectivity index (χ3n) is 3.86. The number of carbonyl (C=O) groups excluding carboxylic acids is 1. The van der Waals surface area contributed by atoms with Crippen molar-refractivity contribution in [3.8, 4) is 0 Å². The smallest absolute Gasteiger partial charge is 0.318 e. The average molecular weight is 338 g/mol. The van der Waals surface area contributed by atoms with E-state index in [0.29, 0.717) is 24.3 Å². The molecule has 1 aliphatic heterocycles. The second-order valence-electron chi connectivity index (χ2n) is 5.53. The molecule has 0 unspecified atom stereocenters. The van der Waals surface area contributed by atoms with Gasteiger partial charge in [-0.05, 0) is 42.0 Å². The molecule has 0 spiro atoms. The zero-order valence-electron chi connectivity index (χ0n) is 12.6. The zero-order valence-corrected chi connectivity index (χ0v) is 12.6. The monoisotopic (exact) mass is 338 g/mol. The summed E-state index contributed by atoms with van der Waals surface area (Å²) < 4.78 is 51.2. The second kappa shape index (κ2) is 6.14. The molecule has 3 rings (SSSR count). The van der Waals surface area contributed by atoms with Crippen molar-refractivity contribution in [3.05, 3.63) is 65.5 Å². The maximum Gasteiger partial charge on any atom is 0.416 e. The van der Waals surface area contributed by atoms with E-state index in [2.05, 4.69) is 0 Å².